The number of amides is 3. The van der Waals surface area contributed by atoms with E-state index in [9.17, 15) is 38.1 Å². The molecule has 3 aromatic heterocycles. The Kier molecular flexibility index (Phi) is 56.7. The van der Waals surface area contributed by atoms with Gasteiger partial charge in [-0.05, 0) is 83.5 Å². The molecule has 14 aromatic rings. The number of carboxylic acids is 1. The van der Waals surface area contributed by atoms with Crippen LogP contribution in [-0.4, -0.2) is 93.8 Å². The van der Waals surface area contributed by atoms with Gasteiger partial charge in [0, 0.05) is 60.0 Å². The minimum atomic E-state index is -5.94. The normalized spacial score (nSPS) is 11.4. The molecule has 0 aliphatic carbocycles. The standard InChI is InChI=1S/C27H26N2O2S.C27H26N2OS.C18H15NO2S.C10H12OS.C9H13N.C8H5NO2.5CH4.IO4.2Na.H2O/c1-3-22(19-13-7-5-8-14-19)29-27(30)24-21-17-11-12-18-23(21)28-25(26(24)32(31)4-2)20-15-9-6-10-16-20;1-3-22(19-13-7-5-8-14-19)29-27(30)24-21-17-11-12-18-23(21)28-25(26(24)31-4-2)20-15-9-6-10-16-20;1-2-22-17-15(18(20)21)13-10-6-7-11-14(13)19-16(17)12-8-4-3-5-9-12;1-2-12-8-10(11)9-6-4-3-5-7-9;1-2-9(10)8-6-4-3-5-7-8;10-7-5-3-1-2-4-6(5)9-8(7)11;;;;;;2-1(3,4)5;;;/h5-18,22H,3-4H2,1-2H3,(H,29,30);5-18,22H,3-4H2,1-2H3,(H,29,30);3-11H,2H2,1H3,(H,20,21);3-7H,2,8H2,1H3;3-7,9H,2,10H2,1H3;1-4H,(H,9,10,11);5*1H4;;;;1H2/q;;;;;;;;;;;-1;2*+1;/p-1/t22-,32?;22-;;;9-;;;;;;;;;;/m00..0........../s1. The zero-order valence-corrected chi connectivity index (χ0v) is 81.1. The van der Waals surface area contributed by atoms with Gasteiger partial charge in [0.25, 0.3) is 23.5 Å². The second kappa shape index (κ2) is 62.1. The van der Waals surface area contributed by atoms with E-state index in [1.54, 1.807) is 47.8 Å². The predicted molar refractivity (Wildman–Crippen MR) is 525 cm³/mol. The quantitative estimate of drug-likeness (QED) is 0.0123. The molecule has 0 saturated carbocycles. The number of ketones is 2. The number of nitrogens with zero attached hydrogens (tertiary/aromatic N) is 3. The van der Waals surface area contributed by atoms with Crippen LogP contribution in [0, 0.1) is 0 Å². The van der Waals surface area contributed by atoms with E-state index in [2.05, 4.69) is 80.0 Å². The maximum absolute atomic E-state index is 13.8. The number of anilines is 1. The zero-order chi connectivity index (χ0) is 88.2. The molecule has 1 unspecified atom stereocenters. The van der Waals surface area contributed by atoms with Gasteiger partial charge in [-0.2, -0.15) is 11.8 Å². The topological polar surface area (TPSA) is 363 Å². The zero-order valence-electron chi connectivity index (χ0n) is 71.6. The fourth-order valence-corrected chi connectivity index (χ4v) is 16.7. The fourth-order valence-electron chi connectivity index (χ4n) is 13.2. The van der Waals surface area contributed by atoms with Crippen molar-refractivity contribution < 1.29 is 137 Å². The molecule has 3 amide bonds. The number of nitrogens with one attached hydrogen (secondary N) is 3. The van der Waals surface area contributed by atoms with Crippen LogP contribution in [-0.2, 0) is 15.6 Å². The summed E-state index contributed by atoms with van der Waals surface area (Å²) in [4.78, 5) is 89.2. The Morgan fingerprint density at radius 3 is 1.14 bits per heavy atom. The summed E-state index contributed by atoms with van der Waals surface area (Å²) in [5.41, 5.74) is 19.8. The Morgan fingerprint density at radius 1 is 0.435 bits per heavy atom. The van der Waals surface area contributed by atoms with Crippen LogP contribution in [0.3, 0.4) is 0 Å². The number of pyridine rings is 3. The number of para-hydroxylation sites is 4. The van der Waals surface area contributed by atoms with Crippen molar-refractivity contribution in [3.63, 3.8) is 0 Å². The molecule has 20 nitrogen and oxygen atoms in total. The molecule has 7 N–H and O–H groups in total. The third kappa shape index (κ3) is 34.8. The number of benzene rings is 11. The number of carboxylic acid groups (broad SMARTS) is 1. The van der Waals surface area contributed by atoms with Gasteiger partial charge in [0.2, 0.25) is 0 Å². The van der Waals surface area contributed by atoms with Crippen LogP contribution in [0.5, 0.6) is 0 Å². The van der Waals surface area contributed by atoms with Crippen LogP contribution in [0.2, 0.25) is 0 Å². The Morgan fingerprint density at radius 2 is 0.763 bits per heavy atom. The number of aromatic carboxylic acids is 1. The maximum atomic E-state index is 13.8. The molecule has 0 spiro atoms. The van der Waals surface area contributed by atoms with Crippen LogP contribution in [0.4, 0.5) is 5.69 Å². The minimum absolute atomic E-state index is 0. The number of hydrogen-bond acceptors (Lipinski definition) is 19. The number of rotatable bonds is 24. The number of aromatic nitrogens is 3. The van der Waals surface area contributed by atoms with Crippen molar-refractivity contribution in [2.75, 3.05) is 34.1 Å². The predicted octanol–water partition coefficient (Wildman–Crippen LogP) is 12.3. The van der Waals surface area contributed by atoms with E-state index in [1.807, 2.05) is 269 Å². The van der Waals surface area contributed by atoms with Crippen molar-refractivity contribution in [2.24, 2.45) is 5.73 Å². The number of carbonyl (C=O) groups is 6. The van der Waals surface area contributed by atoms with Gasteiger partial charge < -0.3 is 32.3 Å². The van der Waals surface area contributed by atoms with E-state index < -0.39 is 48.6 Å². The van der Waals surface area contributed by atoms with Gasteiger partial charge in [0.1, 0.15) is 20.1 Å². The molecule has 0 saturated heterocycles. The van der Waals surface area contributed by atoms with E-state index in [0.717, 1.165) is 102 Å². The van der Waals surface area contributed by atoms with Crippen molar-refractivity contribution in [1.29, 1.82) is 0 Å². The van der Waals surface area contributed by atoms with Gasteiger partial charge in [-0.15, -0.1) is 23.5 Å². The smallest absolute Gasteiger partial charge is 0.870 e. The molecule has 27 heteroatoms. The van der Waals surface area contributed by atoms with Crippen molar-refractivity contribution in [2.45, 2.75) is 138 Å². The average molecular weight is 1980 g/mol. The fraction of sp³-hybridized carbons (Fsp3) is 0.221. The average Bonchev–Trinajstić information content (AvgIpc) is 1.68. The first-order chi connectivity index (χ1) is 59.6. The van der Waals surface area contributed by atoms with Gasteiger partial charge in [-0.25, -0.2) is 19.7 Å². The molecule has 4 heterocycles. The number of fused-ring (bicyclic) bond motifs is 4. The van der Waals surface area contributed by atoms with Gasteiger partial charge >= 0.3 is 65.1 Å². The second-order valence-corrected chi connectivity index (χ2v) is 34.9. The molecule has 15 rings (SSSR count). The molecule has 1 aliphatic heterocycles. The van der Waals surface area contributed by atoms with Gasteiger partial charge in [-0.3, -0.25) is 41.9 Å². The van der Waals surface area contributed by atoms with E-state index in [0.29, 0.717) is 71.8 Å². The van der Waals surface area contributed by atoms with E-state index in [-0.39, 0.29) is 137 Å². The molecule has 4 atom stereocenters. The van der Waals surface area contributed by atoms with Crippen LogP contribution >= 0.6 is 35.3 Å². The number of hydrogen-bond donors (Lipinski definition) is 5. The first-order valence-electron chi connectivity index (χ1n) is 40.1. The van der Waals surface area contributed by atoms with Gasteiger partial charge in [0.15, 0.2) is 5.78 Å². The molecular weight excluding hydrogens is 1860 g/mol. The first kappa shape index (κ1) is 120. The molecular formula is C104H118IN7Na2O13S4. The molecule has 131 heavy (non-hydrogen) atoms. The summed E-state index contributed by atoms with van der Waals surface area (Å²) in [5, 5.41) is 20.9. The Bertz CT molecular complexity index is 5850. The molecule has 0 bridgehead atoms. The van der Waals surface area contributed by atoms with Crippen molar-refractivity contribution >= 4 is 120 Å². The third-order valence-corrected chi connectivity index (χ3v) is 23.3. The van der Waals surface area contributed by atoms with E-state index in [4.69, 9.17) is 34.4 Å². The molecule has 1 aliphatic rings. The Hall–Kier alpha value is -9.44. The number of nitrogens with two attached hydrogens (primary N) is 1. The summed E-state index contributed by atoms with van der Waals surface area (Å²) in [5.74, 6) is 1.70. The summed E-state index contributed by atoms with van der Waals surface area (Å²) in [7, 11) is -1.38. The summed E-state index contributed by atoms with van der Waals surface area (Å²) >= 11 is -1.08. The number of carbonyl (C=O) groups excluding carboxylic acids is 5. The first-order valence-corrected chi connectivity index (χ1v) is 48.1. The van der Waals surface area contributed by atoms with Crippen LogP contribution in [0.25, 0.3) is 66.5 Å². The van der Waals surface area contributed by atoms with Gasteiger partial charge in [-0.1, -0.05) is 365 Å². The summed E-state index contributed by atoms with van der Waals surface area (Å²) in [6, 6.07) is 98.9. The number of halogens is 1. The molecule has 0 radical (unpaired) electrons. The Labute approximate surface area is 838 Å². The molecule has 680 valence electrons. The molecule has 11 aromatic carbocycles. The van der Waals surface area contributed by atoms with Crippen LogP contribution in [0.1, 0.15) is 191 Å². The van der Waals surface area contributed by atoms with E-state index in [1.165, 1.54) is 17.3 Å². The SMILES string of the molecule is C.C.C.C.C.CCSCC(=O)c1ccccc1.CCSc1c(-c2ccccc2)nc2ccccc2c1C(=O)N[C@@H](CC)c1ccccc1.CCSc1c(-c2ccccc2)nc2ccccc2c1C(=O)O.CC[C@H](N)c1ccccc1.CC[C@H](NC(=O)c1c(S(=O)CC)c(-c2ccccc2)nc2ccccc12)c1ccccc1.O=C1Nc2ccccc2C1=O.[Na+].[Na+].[O-][I+3]([O-])([O-])[O-].[OH-]. The monoisotopic (exact) mass is 1970 g/mol. The maximum Gasteiger partial charge on any atom is 1.00 e. The summed E-state index contributed by atoms with van der Waals surface area (Å²) < 4.78 is 47.8. The summed E-state index contributed by atoms with van der Waals surface area (Å²) in [6.45, 7) is 14.3. The van der Waals surface area contributed by atoms with Gasteiger partial charge in [0.05, 0.1) is 95.1 Å². The largest absolute Gasteiger partial charge is 1.00 e. The second-order valence-electron chi connectivity index (χ2n) is 27.2. The third-order valence-electron chi connectivity index (χ3n) is 19.1. The minimum Gasteiger partial charge on any atom is -0.870 e. The number of thioether (sulfide) groups is 3. The Balaban J connectivity index is 0.000000805. The van der Waals surface area contributed by atoms with Crippen LogP contribution < -0.4 is 115 Å². The van der Waals surface area contributed by atoms with E-state index >= 15 is 0 Å². The van der Waals surface area contributed by atoms with Crippen molar-refractivity contribution in [3.05, 3.63) is 354 Å². The van der Waals surface area contributed by atoms with Crippen LogP contribution in [0.15, 0.2) is 324 Å². The summed E-state index contributed by atoms with van der Waals surface area (Å²) in [6.07, 6.45) is 2.57. The molecule has 0 fully saturated rings. The number of Topliss-reactive ketones (excluding diaryl/α,β-unsaturated/α-hetero) is 2. The van der Waals surface area contributed by atoms with Crippen molar-refractivity contribution in [3.8, 4) is 33.8 Å². The van der Waals surface area contributed by atoms with Crippen molar-refractivity contribution in [1.82, 2.24) is 25.6 Å².